The fraction of sp³-hybridized carbons (Fsp3) is 0.500. The summed E-state index contributed by atoms with van der Waals surface area (Å²) in [4.78, 5) is 13.3. The Morgan fingerprint density at radius 3 is 2.89 bits per heavy atom. The summed E-state index contributed by atoms with van der Waals surface area (Å²) < 4.78 is 0. The lowest BCUT2D eigenvalue weighted by Crippen LogP contribution is -2.53. The van der Waals surface area contributed by atoms with Crippen molar-refractivity contribution in [3.8, 4) is 0 Å². The summed E-state index contributed by atoms with van der Waals surface area (Å²) in [5.74, 6) is -0.892. The standard InChI is InChI=1S/C14H21N3O2/c1-14(2,9-15-3)17-7-6-16-11-8-10(13(18)19)4-5-12(11)17/h4-5,8,15-16H,6-7,9H2,1-3H3,(H,18,19). The van der Waals surface area contributed by atoms with Gasteiger partial charge in [-0.25, -0.2) is 4.79 Å². The van der Waals surface area contributed by atoms with Gasteiger partial charge in [-0.2, -0.15) is 0 Å². The second-order valence-corrected chi connectivity index (χ2v) is 5.46. The number of nitrogens with zero attached hydrogens (tertiary/aromatic N) is 1. The number of hydrogen-bond donors (Lipinski definition) is 3. The van der Waals surface area contributed by atoms with Crippen molar-refractivity contribution in [1.29, 1.82) is 0 Å². The van der Waals surface area contributed by atoms with Crippen LogP contribution in [0.2, 0.25) is 0 Å². The highest BCUT2D eigenvalue weighted by atomic mass is 16.4. The Morgan fingerprint density at radius 1 is 1.53 bits per heavy atom. The number of anilines is 2. The highest BCUT2D eigenvalue weighted by molar-refractivity contribution is 5.91. The van der Waals surface area contributed by atoms with Crippen molar-refractivity contribution >= 4 is 17.3 Å². The third-order valence-corrected chi connectivity index (χ3v) is 3.53. The Labute approximate surface area is 113 Å². The van der Waals surface area contributed by atoms with Gasteiger partial charge in [0.05, 0.1) is 16.9 Å². The fourth-order valence-electron chi connectivity index (χ4n) is 2.63. The summed E-state index contributed by atoms with van der Waals surface area (Å²) in [6.07, 6.45) is 0. The number of nitrogens with one attached hydrogen (secondary N) is 2. The van der Waals surface area contributed by atoms with Crippen LogP contribution in [0.5, 0.6) is 0 Å². The molecule has 0 fully saturated rings. The molecule has 19 heavy (non-hydrogen) atoms. The molecule has 1 aromatic rings. The molecular weight excluding hydrogens is 242 g/mol. The van der Waals surface area contributed by atoms with E-state index in [9.17, 15) is 4.79 Å². The number of carbonyl (C=O) groups is 1. The van der Waals surface area contributed by atoms with Crippen LogP contribution in [0.15, 0.2) is 18.2 Å². The molecule has 1 aliphatic rings. The second-order valence-electron chi connectivity index (χ2n) is 5.46. The van der Waals surface area contributed by atoms with E-state index in [4.69, 9.17) is 5.11 Å². The molecule has 0 atom stereocenters. The molecule has 0 aromatic heterocycles. The number of fused-ring (bicyclic) bond motifs is 1. The monoisotopic (exact) mass is 263 g/mol. The van der Waals surface area contributed by atoms with E-state index in [2.05, 4.69) is 29.4 Å². The topological polar surface area (TPSA) is 64.6 Å². The molecule has 0 radical (unpaired) electrons. The predicted molar refractivity (Wildman–Crippen MR) is 77.2 cm³/mol. The molecule has 0 saturated heterocycles. The lowest BCUT2D eigenvalue weighted by Gasteiger charge is -2.44. The van der Waals surface area contributed by atoms with Gasteiger partial charge >= 0.3 is 5.97 Å². The second kappa shape index (κ2) is 5.09. The van der Waals surface area contributed by atoms with Crippen molar-refractivity contribution in [1.82, 2.24) is 5.32 Å². The smallest absolute Gasteiger partial charge is 0.335 e. The molecule has 0 spiro atoms. The van der Waals surface area contributed by atoms with E-state index in [0.717, 1.165) is 31.0 Å². The molecule has 0 saturated carbocycles. The Morgan fingerprint density at radius 2 is 2.26 bits per heavy atom. The van der Waals surface area contributed by atoms with Crippen molar-refractivity contribution in [3.05, 3.63) is 23.8 Å². The van der Waals surface area contributed by atoms with E-state index in [0.29, 0.717) is 5.56 Å². The summed E-state index contributed by atoms with van der Waals surface area (Å²) in [5.41, 5.74) is 2.27. The molecular formula is C14H21N3O2. The first-order valence-electron chi connectivity index (χ1n) is 6.49. The Bertz CT molecular complexity index is 486. The van der Waals surface area contributed by atoms with Crippen LogP contribution in [0, 0.1) is 0 Å². The molecule has 1 aliphatic heterocycles. The molecule has 0 amide bonds. The number of aromatic carboxylic acids is 1. The molecule has 104 valence electrons. The number of carboxylic acids is 1. The van der Waals surface area contributed by atoms with E-state index in [1.807, 2.05) is 13.1 Å². The minimum absolute atomic E-state index is 0.0175. The van der Waals surface area contributed by atoms with E-state index >= 15 is 0 Å². The van der Waals surface area contributed by atoms with Crippen LogP contribution in [0.1, 0.15) is 24.2 Å². The number of rotatable bonds is 4. The maximum atomic E-state index is 11.0. The summed E-state index contributed by atoms with van der Waals surface area (Å²) >= 11 is 0. The number of likely N-dealkylation sites (N-methyl/N-ethyl adjacent to an activating group) is 1. The molecule has 1 aromatic carbocycles. The van der Waals surface area contributed by atoms with Crippen LogP contribution >= 0.6 is 0 Å². The number of hydrogen-bond acceptors (Lipinski definition) is 4. The Hall–Kier alpha value is -1.75. The van der Waals surface area contributed by atoms with Crippen LogP contribution in [0.25, 0.3) is 0 Å². The molecule has 2 rings (SSSR count). The molecule has 1 heterocycles. The van der Waals surface area contributed by atoms with Gasteiger partial charge in [0.1, 0.15) is 0 Å². The SMILES string of the molecule is CNCC(C)(C)N1CCNc2cc(C(=O)O)ccc21. The average molecular weight is 263 g/mol. The summed E-state index contributed by atoms with van der Waals surface area (Å²) in [6.45, 7) is 6.97. The minimum atomic E-state index is -0.892. The third-order valence-electron chi connectivity index (χ3n) is 3.53. The van der Waals surface area contributed by atoms with Gasteiger partial charge < -0.3 is 20.6 Å². The molecule has 5 heteroatoms. The van der Waals surface area contributed by atoms with Crippen molar-refractivity contribution in [3.63, 3.8) is 0 Å². The van der Waals surface area contributed by atoms with E-state index in [1.165, 1.54) is 0 Å². The third kappa shape index (κ3) is 2.66. The van der Waals surface area contributed by atoms with E-state index < -0.39 is 5.97 Å². The van der Waals surface area contributed by atoms with E-state index in [-0.39, 0.29) is 5.54 Å². The zero-order chi connectivity index (χ0) is 14.0. The summed E-state index contributed by atoms with van der Waals surface area (Å²) in [6, 6.07) is 5.26. The van der Waals surface area contributed by atoms with Crippen LogP contribution in [-0.2, 0) is 0 Å². The first-order chi connectivity index (χ1) is 8.95. The summed E-state index contributed by atoms with van der Waals surface area (Å²) in [7, 11) is 1.94. The lowest BCUT2D eigenvalue weighted by atomic mass is 9.99. The fourth-order valence-corrected chi connectivity index (χ4v) is 2.63. The number of benzene rings is 1. The average Bonchev–Trinajstić information content (AvgIpc) is 2.37. The molecule has 0 aliphatic carbocycles. The van der Waals surface area contributed by atoms with Gasteiger partial charge in [-0.1, -0.05) is 0 Å². The van der Waals surface area contributed by atoms with Crippen molar-refractivity contribution < 1.29 is 9.90 Å². The van der Waals surface area contributed by atoms with Crippen molar-refractivity contribution in [2.24, 2.45) is 0 Å². The maximum Gasteiger partial charge on any atom is 0.335 e. The summed E-state index contributed by atoms with van der Waals surface area (Å²) in [5, 5.41) is 15.5. The van der Waals surface area contributed by atoms with Gasteiger partial charge in [0, 0.05) is 25.2 Å². The Balaban J connectivity index is 2.37. The largest absolute Gasteiger partial charge is 0.478 e. The number of carboxylic acid groups (broad SMARTS) is 1. The maximum absolute atomic E-state index is 11.0. The zero-order valence-corrected chi connectivity index (χ0v) is 11.7. The van der Waals surface area contributed by atoms with Crippen LogP contribution < -0.4 is 15.5 Å². The molecule has 0 unspecified atom stereocenters. The first kappa shape index (κ1) is 13.7. The lowest BCUT2D eigenvalue weighted by molar-refractivity contribution is 0.0697. The van der Waals surface area contributed by atoms with Gasteiger partial charge in [-0.15, -0.1) is 0 Å². The first-order valence-corrected chi connectivity index (χ1v) is 6.49. The van der Waals surface area contributed by atoms with Crippen molar-refractivity contribution in [2.75, 3.05) is 36.9 Å². The van der Waals surface area contributed by atoms with E-state index in [1.54, 1.807) is 12.1 Å². The highest BCUT2D eigenvalue weighted by Gasteiger charge is 2.30. The van der Waals surface area contributed by atoms with Crippen LogP contribution in [0.3, 0.4) is 0 Å². The predicted octanol–water partition coefficient (Wildman–Crippen LogP) is 1.61. The minimum Gasteiger partial charge on any atom is -0.478 e. The van der Waals surface area contributed by atoms with Gasteiger partial charge in [0.15, 0.2) is 0 Å². The van der Waals surface area contributed by atoms with Crippen LogP contribution in [-0.4, -0.2) is 43.3 Å². The van der Waals surface area contributed by atoms with Crippen LogP contribution in [0.4, 0.5) is 11.4 Å². The quantitative estimate of drug-likeness (QED) is 0.770. The normalized spacial score (nSPS) is 14.8. The van der Waals surface area contributed by atoms with Gasteiger partial charge in [0.2, 0.25) is 0 Å². The zero-order valence-electron chi connectivity index (χ0n) is 11.7. The van der Waals surface area contributed by atoms with Gasteiger partial charge in [0.25, 0.3) is 0 Å². The molecule has 3 N–H and O–H groups in total. The van der Waals surface area contributed by atoms with Gasteiger partial charge in [-0.3, -0.25) is 0 Å². The van der Waals surface area contributed by atoms with Crippen molar-refractivity contribution in [2.45, 2.75) is 19.4 Å². The molecule has 5 nitrogen and oxygen atoms in total. The Kier molecular flexibility index (Phi) is 3.66. The van der Waals surface area contributed by atoms with Gasteiger partial charge in [-0.05, 0) is 39.1 Å². The highest BCUT2D eigenvalue weighted by Crippen LogP contribution is 2.34. The molecule has 0 bridgehead atoms.